The summed E-state index contributed by atoms with van der Waals surface area (Å²) in [7, 11) is -1.87. The Bertz CT molecular complexity index is 121. The van der Waals surface area contributed by atoms with Gasteiger partial charge in [0.15, 0.2) is 0 Å². The number of hydrogen-bond donors (Lipinski definition) is 0. The first kappa shape index (κ1) is 15.3. The molecule has 0 heterocycles. The van der Waals surface area contributed by atoms with Gasteiger partial charge >= 0.3 is 103 Å². The zero-order valence-corrected chi connectivity index (χ0v) is 14.5. The molecule has 0 saturated heterocycles. The molecule has 2 heteroatoms. The zero-order valence-electron chi connectivity index (χ0n) is 10.5. The summed E-state index contributed by atoms with van der Waals surface area (Å²) in [5.74, 6) is 0. The first-order valence-corrected chi connectivity index (χ1v) is 17.3. The van der Waals surface area contributed by atoms with Crippen molar-refractivity contribution in [3.8, 4) is 0 Å². The van der Waals surface area contributed by atoms with E-state index in [-0.39, 0.29) is 0 Å². The van der Waals surface area contributed by atoms with Gasteiger partial charge in [-0.05, 0) is 0 Å². The third kappa shape index (κ3) is 4.43. The second-order valence-electron chi connectivity index (χ2n) is 4.71. The maximum absolute atomic E-state index is 2.99. The Kier molecular flexibility index (Phi) is 7.41. The quantitative estimate of drug-likeness (QED) is 0.363. The SMILES string of the molecule is CCC[As](I)(CCC)(CCC)CCC. The Hall–Kier alpha value is 1.29. The molecule has 0 aromatic rings. The van der Waals surface area contributed by atoms with Crippen LogP contribution in [0, 0.1) is 0 Å². The summed E-state index contributed by atoms with van der Waals surface area (Å²) >= 11 is 2.99. The van der Waals surface area contributed by atoms with E-state index in [0.717, 1.165) is 0 Å². The molecule has 14 heavy (non-hydrogen) atoms. The molecule has 0 radical (unpaired) electrons. The van der Waals surface area contributed by atoms with E-state index in [1.165, 1.54) is 25.7 Å². The van der Waals surface area contributed by atoms with Gasteiger partial charge in [0.25, 0.3) is 0 Å². The third-order valence-electron chi connectivity index (χ3n) is 3.13. The topological polar surface area (TPSA) is 0 Å². The standard InChI is InChI=1S/C12H28AsI/c1-5-9-13(14,10-6-2,11-7-3)12-8-4/h5-12H2,1-4H3. The van der Waals surface area contributed by atoms with Gasteiger partial charge in [0.05, 0.1) is 0 Å². The van der Waals surface area contributed by atoms with Gasteiger partial charge in [0.2, 0.25) is 0 Å². The second kappa shape index (κ2) is 6.78. The van der Waals surface area contributed by atoms with Crippen LogP contribution < -0.4 is 0 Å². The maximum atomic E-state index is 2.99. The van der Waals surface area contributed by atoms with Crippen LogP contribution in [0.1, 0.15) is 53.4 Å². The molecule has 0 unspecified atom stereocenters. The van der Waals surface area contributed by atoms with Crippen molar-refractivity contribution in [3.05, 3.63) is 0 Å². The molecule has 0 aliphatic carbocycles. The van der Waals surface area contributed by atoms with E-state index >= 15 is 0 Å². The molecule has 0 aliphatic rings. The summed E-state index contributed by atoms with van der Waals surface area (Å²) in [5, 5.41) is 6.31. The van der Waals surface area contributed by atoms with Crippen molar-refractivity contribution < 1.29 is 0 Å². The van der Waals surface area contributed by atoms with E-state index in [0.29, 0.717) is 0 Å². The summed E-state index contributed by atoms with van der Waals surface area (Å²) in [6.45, 7) is 9.50. The molecular formula is C12H28AsI. The molecule has 0 aliphatic heterocycles. The molecule has 0 bridgehead atoms. The first-order chi connectivity index (χ1) is 6.54. The summed E-state index contributed by atoms with van der Waals surface area (Å²) in [5.41, 5.74) is 0. The molecule has 0 N–H and O–H groups in total. The third-order valence-corrected chi connectivity index (χ3v) is 26.3. The van der Waals surface area contributed by atoms with Crippen molar-refractivity contribution in [1.29, 1.82) is 0 Å². The van der Waals surface area contributed by atoms with Crippen molar-refractivity contribution in [2.24, 2.45) is 0 Å². The summed E-state index contributed by atoms with van der Waals surface area (Å²) in [6, 6.07) is 0. The van der Waals surface area contributed by atoms with Crippen LogP contribution in [0.5, 0.6) is 0 Å². The predicted molar refractivity (Wildman–Crippen MR) is 80.2 cm³/mol. The van der Waals surface area contributed by atoms with Crippen LogP contribution in [0.15, 0.2) is 0 Å². The summed E-state index contributed by atoms with van der Waals surface area (Å²) in [4.78, 5) is 0. The van der Waals surface area contributed by atoms with E-state index in [4.69, 9.17) is 0 Å². The Morgan fingerprint density at radius 1 is 0.643 bits per heavy atom. The normalized spacial score (nSPS) is 15.1. The molecule has 0 saturated carbocycles. The van der Waals surface area contributed by atoms with Crippen molar-refractivity contribution in [2.45, 2.75) is 74.2 Å². The molecule has 0 fully saturated rings. The molecule has 0 amide bonds. The van der Waals surface area contributed by atoms with Gasteiger partial charge in [0, 0.05) is 0 Å². The van der Waals surface area contributed by atoms with E-state index in [1.54, 1.807) is 20.8 Å². The molecule has 0 nitrogen and oxygen atoms in total. The first-order valence-electron chi connectivity index (χ1n) is 6.26. The molecule has 0 spiro atoms. The Morgan fingerprint density at radius 2 is 0.857 bits per heavy atom. The second-order valence-corrected chi connectivity index (χ2v) is 30.3. The van der Waals surface area contributed by atoms with Crippen LogP contribution in [0.4, 0.5) is 0 Å². The average Bonchev–Trinajstić information content (AvgIpc) is 2.05. The monoisotopic (exact) mass is 374 g/mol. The van der Waals surface area contributed by atoms with Gasteiger partial charge in [-0.25, -0.2) is 0 Å². The number of halogens is 1. The Labute approximate surface area is 103 Å². The molecule has 0 rings (SSSR count). The van der Waals surface area contributed by atoms with Crippen molar-refractivity contribution >= 4 is 29.2 Å². The minimum atomic E-state index is -1.87. The Balaban J connectivity index is 4.69. The van der Waals surface area contributed by atoms with Crippen LogP contribution in [0.3, 0.4) is 0 Å². The van der Waals surface area contributed by atoms with Crippen molar-refractivity contribution in [2.75, 3.05) is 0 Å². The van der Waals surface area contributed by atoms with Gasteiger partial charge in [-0.3, -0.25) is 0 Å². The van der Waals surface area contributed by atoms with E-state index in [2.05, 4.69) is 47.8 Å². The number of hydrogen-bond acceptors (Lipinski definition) is 0. The predicted octanol–water partition coefficient (Wildman–Crippen LogP) is 5.96. The van der Waals surface area contributed by atoms with Crippen molar-refractivity contribution in [3.63, 3.8) is 0 Å². The average molecular weight is 374 g/mol. The molecule has 0 aromatic heterocycles. The van der Waals surface area contributed by atoms with E-state index < -0.39 is 9.10 Å². The minimum absolute atomic E-state index is 1.41. The van der Waals surface area contributed by atoms with Gasteiger partial charge < -0.3 is 0 Å². The van der Waals surface area contributed by atoms with Crippen LogP contribution in [-0.2, 0) is 0 Å². The van der Waals surface area contributed by atoms with Crippen LogP contribution >= 0.6 is 20.1 Å². The molecule has 0 aromatic carbocycles. The van der Waals surface area contributed by atoms with Gasteiger partial charge in [0.1, 0.15) is 0 Å². The number of rotatable bonds is 8. The van der Waals surface area contributed by atoms with E-state index in [1.807, 2.05) is 0 Å². The van der Waals surface area contributed by atoms with E-state index in [9.17, 15) is 0 Å². The zero-order chi connectivity index (χ0) is 11.1. The fraction of sp³-hybridized carbons (Fsp3) is 1.00. The summed E-state index contributed by atoms with van der Waals surface area (Å²) in [6.07, 6.45) is 5.64. The Morgan fingerprint density at radius 3 is 1.00 bits per heavy atom. The van der Waals surface area contributed by atoms with Crippen LogP contribution in [0.2, 0.25) is 20.8 Å². The summed E-state index contributed by atoms with van der Waals surface area (Å²) < 4.78 is 0. The molecular weight excluding hydrogens is 346 g/mol. The van der Waals surface area contributed by atoms with Gasteiger partial charge in [-0.2, -0.15) is 0 Å². The van der Waals surface area contributed by atoms with Crippen molar-refractivity contribution in [1.82, 2.24) is 0 Å². The van der Waals surface area contributed by atoms with Crippen LogP contribution in [0.25, 0.3) is 0 Å². The molecule has 88 valence electrons. The fourth-order valence-corrected chi connectivity index (χ4v) is 25.1. The fourth-order valence-electron chi connectivity index (χ4n) is 2.91. The van der Waals surface area contributed by atoms with Crippen LogP contribution in [-0.4, -0.2) is 9.10 Å². The molecule has 0 atom stereocenters. The van der Waals surface area contributed by atoms with Gasteiger partial charge in [-0.1, -0.05) is 0 Å². The van der Waals surface area contributed by atoms with Gasteiger partial charge in [-0.15, -0.1) is 0 Å².